The zero-order chi connectivity index (χ0) is 14.5. The van der Waals surface area contributed by atoms with Gasteiger partial charge in [-0.25, -0.2) is 12.7 Å². The smallest absolute Gasteiger partial charge is 0.211 e. The molecule has 0 bridgehead atoms. The Labute approximate surface area is 115 Å². The first-order valence-electron chi connectivity index (χ1n) is 6.79. The maximum absolute atomic E-state index is 11.5. The number of rotatable bonds is 7. The van der Waals surface area contributed by atoms with Crippen molar-refractivity contribution in [1.82, 2.24) is 9.62 Å². The van der Waals surface area contributed by atoms with Gasteiger partial charge in [0.25, 0.3) is 0 Å². The van der Waals surface area contributed by atoms with E-state index >= 15 is 0 Å². The van der Waals surface area contributed by atoms with E-state index in [4.69, 9.17) is 0 Å². The van der Waals surface area contributed by atoms with Gasteiger partial charge in [-0.2, -0.15) is 0 Å². The highest BCUT2D eigenvalue weighted by Crippen LogP contribution is 2.19. The molecule has 1 fully saturated rings. The summed E-state index contributed by atoms with van der Waals surface area (Å²) in [5, 5.41) is 21.9. The van der Waals surface area contributed by atoms with Crippen LogP contribution in [0.1, 0.15) is 26.2 Å². The summed E-state index contributed by atoms with van der Waals surface area (Å²) in [6.45, 7) is 3.38. The number of hydrogen-bond acceptors (Lipinski definition) is 5. The van der Waals surface area contributed by atoms with Crippen molar-refractivity contribution in [3.05, 3.63) is 0 Å². The van der Waals surface area contributed by atoms with Crippen molar-refractivity contribution >= 4 is 10.0 Å². The zero-order valence-corrected chi connectivity index (χ0v) is 12.6. The van der Waals surface area contributed by atoms with Crippen LogP contribution < -0.4 is 5.32 Å². The summed E-state index contributed by atoms with van der Waals surface area (Å²) in [6.07, 6.45) is 3.69. The lowest BCUT2D eigenvalue weighted by Crippen LogP contribution is -2.54. The number of hydrogen-bond donors (Lipinski definition) is 3. The van der Waals surface area contributed by atoms with Gasteiger partial charge in [0.2, 0.25) is 10.0 Å². The molecule has 0 spiro atoms. The maximum atomic E-state index is 11.5. The summed E-state index contributed by atoms with van der Waals surface area (Å²) < 4.78 is 24.6. The first-order chi connectivity index (χ1) is 8.87. The predicted molar refractivity (Wildman–Crippen MR) is 74.3 cm³/mol. The molecule has 1 atom stereocenters. The molecule has 1 aliphatic heterocycles. The van der Waals surface area contributed by atoms with Gasteiger partial charge in [-0.3, -0.25) is 0 Å². The second kappa shape index (κ2) is 6.99. The fraction of sp³-hybridized carbons (Fsp3) is 1.00. The Bertz CT molecular complexity index is 360. The van der Waals surface area contributed by atoms with Gasteiger partial charge in [-0.05, 0) is 31.7 Å². The van der Waals surface area contributed by atoms with Crippen molar-refractivity contribution in [1.29, 1.82) is 0 Å². The first-order valence-corrected chi connectivity index (χ1v) is 8.63. The molecule has 0 saturated carbocycles. The van der Waals surface area contributed by atoms with E-state index in [9.17, 15) is 18.6 Å². The molecule has 6 nitrogen and oxygen atoms in total. The molecule has 7 heteroatoms. The molecule has 1 heterocycles. The summed E-state index contributed by atoms with van der Waals surface area (Å²) in [5.41, 5.74) is -0.659. The van der Waals surface area contributed by atoms with Crippen molar-refractivity contribution in [2.75, 3.05) is 39.1 Å². The number of nitrogens with one attached hydrogen (secondary N) is 1. The Kier molecular flexibility index (Phi) is 6.19. The Balaban J connectivity index is 2.53. The molecule has 0 aliphatic carbocycles. The quantitative estimate of drug-likeness (QED) is 0.582. The number of aliphatic hydroxyl groups excluding tert-OH is 2. The fourth-order valence-electron chi connectivity index (χ4n) is 2.37. The molecule has 0 aromatic heterocycles. The van der Waals surface area contributed by atoms with Crippen molar-refractivity contribution < 1.29 is 18.6 Å². The lowest BCUT2D eigenvalue weighted by molar-refractivity contribution is 0.0809. The Hall–Kier alpha value is -0.210. The summed E-state index contributed by atoms with van der Waals surface area (Å²) in [4.78, 5) is 0. The predicted octanol–water partition coefficient (Wildman–Crippen LogP) is -0.619. The van der Waals surface area contributed by atoms with E-state index in [0.717, 1.165) is 12.8 Å². The van der Waals surface area contributed by atoms with Crippen LogP contribution in [0, 0.1) is 5.92 Å². The SMILES string of the molecule is CCC(CO)(CO)NCC1CCCN(S(C)(=O)=O)C1. The highest BCUT2D eigenvalue weighted by Gasteiger charge is 2.30. The summed E-state index contributed by atoms with van der Waals surface area (Å²) in [6, 6.07) is 0. The minimum absolute atomic E-state index is 0.123. The van der Waals surface area contributed by atoms with Gasteiger partial charge in [0.1, 0.15) is 0 Å². The summed E-state index contributed by atoms with van der Waals surface area (Å²) in [5.74, 6) is 0.229. The average molecular weight is 294 g/mol. The Morgan fingerprint density at radius 2 is 2.00 bits per heavy atom. The third-order valence-corrected chi connectivity index (χ3v) is 5.27. The van der Waals surface area contributed by atoms with E-state index < -0.39 is 15.6 Å². The van der Waals surface area contributed by atoms with Crippen LogP contribution in [0.2, 0.25) is 0 Å². The highest BCUT2D eigenvalue weighted by atomic mass is 32.2. The van der Waals surface area contributed by atoms with Gasteiger partial charge in [0.15, 0.2) is 0 Å². The summed E-state index contributed by atoms with van der Waals surface area (Å²) >= 11 is 0. The second-order valence-electron chi connectivity index (χ2n) is 5.46. The number of nitrogens with zero attached hydrogens (tertiary/aromatic N) is 1. The maximum Gasteiger partial charge on any atom is 0.211 e. The molecular weight excluding hydrogens is 268 g/mol. The molecule has 1 saturated heterocycles. The molecule has 0 radical (unpaired) electrons. The Morgan fingerprint density at radius 3 is 2.47 bits per heavy atom. The van der Waals surface area contributed by atoms with Crippen LogP contribution in [-0.2, 0) is 10.0 Å². The molecule has 1 aliphatic rings. The zero-order valence-electron chi connectivity index (χ0n) is 11.8. The van der Waals surface area contributed by atoms with Crippen molar-refractivity contribution in [2.24, 2.45) is 5.92 Å². The number of sulfonamides is 1. The van der Waals surface area contributed by atoms with Crippen LogP contribution in [-0.4, -0.2) is 67.6 Å². The molecule has 1 rings (SSSR count). The third kappa shape index (κ3) is 4.68. The average Bonchev–Trinajstić information content (AvgIpc) is 2.40. The van der Waals surface area contributed by atoms with Gasteiger partial charge in [-0.1, -0.05) is 6.92 Å². The standard InChI is InChI=1S/C12H26N2O4S/c1-3-12(9-15,10-16)13-7-11-5-4-6-14(8-11)19(2,17)18/h11,13,15-16H,3-10H2,1-2H3. The molecule has 0 amide bonds. The van der Waals surface area contributed by atoms with Crippen LogP contribution in [0.4, 0.5) is 0 Å². The largest absolute Gasteiger partial charge is 0.394 e. The van der Waals surface area contributed by atoms with Crippen molar-refractivity contribution in [3.63, 3.8) is 0 Å². The molecule has 114 valence electrons. The first kappa shape index (κ1) is 16.8. The van der Waals surface area contributed by atoms with E-state index in [1.807, 2.05) is 6.92 Å². The third-order valence-electron chi connectivity index (χ3n) is 4.00. The van der Waals surface area contributed by atoms with E-state index in [1.165, 1.54) is 10.6 Å². The van der Waals surface area contributed by atoms with Gasteiger partial charge >= 0.3 is 0 Å². The molecule has 0 aromatic rings. The van der Waals surface area contributed by atoms with Crippen LogP contribution in [0.3, 0.4) is 0 Å². The summed E-state index contributed by atoms with van der Waals surface area (Å²) in [7, 11) is -3.12. The minimum atomic E-state index is -3.12. The minimum Gasteiger partial charge on any atom is -0.394 e. The highest BCUT2D eigenvalue weighted by molar-refractivity contribution is 7.88. The van der Waals surface area contributed by atoms with Crippen LogP contribution in [0.15, 0.2) is 0 Å². The van der Waals surface area contributed by atoms with Crippen molar-refractivity contribution in [2.45, 2.75) is 31.7 Å². The molecular formula is C12H26N2O4S. The van der Waals surface area contributed by atoms with Gasteiger partial charge in [0, 0.05) is 13.1 Å². The Morgan fingerprint density at radius 1 is 1.37 bits per heavy atom. The van der Waals surface area contributed by atoms with Gasteiger partial charge in [0.05, 0.1) is 25.0 Å². The molecule has 19 heavy (non-hydrogen) atoms. The number of piperidine rings is 1. The lowest BCUT2D eigenvalue weighted by Gasteiger charge is -2.35. The van der Waals surface area contributed by atoms with E-state index in [1.54, 1.807) is 0 Å². The second-order valence-corrected chi connectivity index (χ2v) is 7.44. The lowest BCUT2D eigenvalue weighted by atomic mass is 9.94. The fourth-order valence-corrected chi connectivity index (χ4v) is 3.31. The van der Waals surface area contributed by atoms with Crippen LogP contribution in [0.5, 0.6) is 0 Å². The van der Waals surface area contributed by atoms with Crippen LogP contribution in [0.25, 0.3) is 0 Å². The van der Waals surface area contributed by atoms with Gasteiger partial charge < -0.3 is 15.5 Å². The van der Waals surface area contributed by atoms with Crippen molar-refractivity contribution in [3.8, 4) is 0 Å². The molecule has 1 unspecified atom stereocenters. The normalized spacial score (nSPS) is 22.6. The molecule has 3 N–H and O–H groups in total. The van der Waals surface area contributed by atoms with E-state index in [-0.39, 0.29) is 19.1 Å². The number of aliphatic hydroxyl groups is 2. The van der Waals surface area contributed by atoms with Gasteiger partial charge in [-0.15, -0.1) is 0 Å². The molecule has 0 aromatic carbocycles. The topological polar surface area (TPSA) is 89.9 Å². The monoisotopic (exact) mass is 294 g/mol. The van der Waals surface area contributed by atoms with Crippen LogP contribution >= 0.6 is 0 Å². The van der Waals surface area contributed by atoms with E-state index in [0.29, 0.717) is 26.1 Å². The van der Waals surface area contributed by atoms with E-state index in [2.05, 4.69) is 5.32 Å².